The number of rotatable bonds is 6. The third-order valence-electron chi connectivity index (χ3n) is 5.67. The van der Waals surface area contributed by atoms with E-state index in [-0.39, 0.29) is 23.4 Å². The van der Waals surface area contributed by atoms with Crippen LogP contribution in [0.1, 0.15) is 28.8 Å². The number of methoxy groups -OCH3 is 1. The Labute approximate surface area is 190 Å². The van der Waals surface area contributed by atoms with Crippen LogP contribution >= 0.6 is 0 Å². The van der Waals surface area contributed by atoms with E-state index >= 15 is 0 Å². The highest BCUT2D eigenvalue weighted by Gasteiger charge is 2.25. The molecule has 1 amide bonds. The topological polar surface area (TPSA) is 117 Å². The van der Waals surface area contributed by atoms with Crippen LogP contribution < -0.4 is 15.8 Å². The number of amides is 1. The van der Waals surface area contributed by atoms with Crippen LogP contribution in [0.25, 0.3) is 22.2 Å². The van der Waals surface area contributed by atoms with Gasteiger partial charge in [-0.2, -0.15) is 9.78 Å². The maximum atomic E-state index is 13.2. The summed E-state index contributed by atoms with van der Waals surface area (Å²) in [6.45, 7) is 1.13. The van der Waals surface area contributed by atoms with Gasteiger partial charge in [0.1, 0.15) is 22.6 Å². The van der Waals surface area contributed by atoms with Crippen molar-refractivity contribution in [3.8, 4) is 5.75 Å². The zero-order chi connectivity index (χ0) is 22.8. The Balaban J connectivity index is 1.60. The molecule has 9 heteroatoms. The van der Waals surface area contributed by atoms with Crippen molar-refractivity contribution in [3.05, 3.63) is 59.7 Å². The van der Waals surface area contributed by atoms with Crippen molar-refractivity contribution >= 4 is 40.1 Å². The Hall–Kier alpha value is -3.98. The number of fused-ring (bicyclic) bond motifs is 2. The average Bonchev–Trinajstić information content (AvgIpc) is 3.45. The van der Waals surface area contributed by atoms with E-state index in [1.807, 2.05) is 48.5 Å². The molecule has 2 aromatic heterocycles. The Kier molecular flexibility index (Phi) is 5.62. The third-order valence-corrected chi connectivity index (χ3v) is 5.67. The summed E-state index contributed by atoms with van der Waals surface area (Å²) >= 11 is 0. The Morgan fingerprint density at radius 1 is 1.24 bits per heavy atom. The number of carbonyl (C=O) groups excluding carboxylic acids is 1. The van der Waals surface area contributed by atoms with E-state index in [1.54, 1.807) is 13.3 Å². The molecule has 0 unspecified atom stereocenters. The number of para-hydroxylation sites is 3. The number of nitrogens with two attached hydrogens (primary N) is 1. The molecular formula is C24H24N6O3. The molecule has 2 aromatic carbocycles. The predicted octanol–water partition coefficient (Wildman–Crippen LogP) is 2.97. The van der Waals surface area contributed by atoms with Crippen LogP contribution in [0.4, 0.5) is 5.82 Å². The van der Waals surface area contributed by atoms with Gasteiger partial charge in [0.05, 0.1) is 30.5 Å². The van der Waals surface area contributed by atoms with E-state index in [0.29, 0.717) is 34.5 Å². The summed E-state index contributed by atoms with van der Waals surface area (Å²) < 4.78 is 12.5. The smallest absolute Gasteiger partial charge is 0.257 e. The molecule has 0 radical (unpaired) electrons. The van der Waals surface area contributed by atoms with Crippen LogP contribution in [0.5, 0.6) is 5.75 Å². The van der Waals surface area contributed by atoms with Gasteiger partial charge in [0.2, 0.25) is 0 Å². The minimum atomic E-state index is -0.330. The Bertz CT molecular complexity index is 1360. The molecular weight excluding hydrogens is 420 g/mol. The van der Waals surface area contributed by atoms with Crippen molar-refractivity contribution in [2.75, 3.05) is 26.0 Å². The van der Waals surface area contributed by atoms with Gasteiger partial charge in [0.15, 0.2) is 5.65 Å². The number of nitrogen functional groups attached to an aromatic ring is 1. The number of ether oxygens (including phenoxy) is 2. The molecule has 1 saturated heterocycles. The molecule has 168 valence electrons. The second-order valence-corrected chi connectivity index (χ2v) is 7.79. The van der Waals surface area contributed by atoms with Crippen molar-refractivity contribution in [2.24, 2.45) is 5.10 Å². The molecule has 1 atom stereocenters. The molecule has 33 heavy (non-hydrogen) atoms. The van der Waals surface area contributed by atoms with Gasteiger partial charge in [0.25, 0.3) is 5.91 Å². The van der Waals surface area contributed by atoms with Gasteiger partial charge in [-0.25, -0.2) is 9.97 Å². The first kappa shape index (κ1) is 20.9. The van der Waals surface area contributed by atoms with Gasteiger partial charge >= 0.3 is 0 Å². The highest BCUT2D eigenvalue weighted by atomic mass is 16.5. The lowest BCUT2D eigenvalue weighted by Crippen LogP contribution is -2.32. The van der Waals surface area contributed by atoms with Gasteiger partial charge in [-0.05, 0) is 37.1 Å². The van der Waals surface area contributed by atoms with E-state index in [2.05, 4.69) is 10.4 Å². The number of aromatic nitrogens is 3. The Morgan fingerprint density at radius 3 is 2.76 bits per heavy atom. The molecule has 1 aliphatic heterocycles. The average molecular weight is 444 g/mol. The van der Waals surface area contributed by atoms with Crippen LogP contribution in [0.2, 0.25) is 0 Å². The van der Waals surface area contributed by atoms with Crippen LogP contribution in [-0.4, -0.2) is 53.1 Å². The van der Waals surface area contributed by atoms with E-state index in [4.69, 9.17) is 25.2 Å². The van der Waals surface area contributed by atoms with Crippen molar-refractivity contribution < 1.29 is 14.3 Å². The lowest BCUT2D eigenvalue weighted by Gasteiger charge is -2.10. The summed E-state index contributed by atoms with van der Waals surface area (Å²) in [5.74, 6) is 0.502. The van der Waals surface area contributed by atoms with E-state index < -0.39 is 0 Å². The summed E-state index contributed by atoms with van der Waals surface area (Å²) in [7, 11) is 1.60. The SMILES string of the molecule is COc1ccccc1/C=N\n1c(N)c(C(=O)NC[C@@H]2CCCO2)c2nc3ccccc3nc21. The fourth-order valence-corrected chi connectivity index (χ4v) is 3.98. The van der Waals surface area contributed by atoms with Crippen LogP contribution in [0, 0.1) is 0 Å². The standard InChI is InChI=1S/C24H24N6O3/c1-32-19-11-5-2-7-15(19)13-27-30-22(25)20(24(31)26-14-16-8-6-12-33-16)21-23(30)29-18-10-4-3-9-17(18)28-21/h2-5,7,9-11,13,16H,6,8,12,14,25H2,1H3,(H,26,31)/b27-13-/t16-/m0/s1. The fraction of sp³-hybridized carbons (Fsp3) is 0.250. The van der Waals surface area contributed by atoms with Gasteiger partial charge in [0, 0.05) is 18.7 Å². The molecule has 3 N–H and O–H groups in total. The molecule has 1 fully saturated rings. The lowest BCUT2D eigenvalue weighted by atomic mass is 10.2. The van der Waals surface area contributed by atoms with Crippen molar-refractivity contribution in [2.45, 2.75) is 18.9 Å². The second-order valence-electron chi connectivity index (χ2n) is 7.79. The number of hydrogen-bond donors (Lipinski definition) is 2. The van der Waals surface area contributed by atoms with Crippen LogP contribution in [-0.2, 0) is 4.74 Å². The van der Waals surface area contributed by atoms with Crippen molar-refractivity contribution in [1.82, 2.24) is 20.0 Å². The van der Waals surface area contributed by atoms with Gasteiger partial charge < -0.3 is 20.5 Å². The van der Waals surface area contributed by atoms with Crippen molar-refractivity contribution in [3.63, 3.8) is 0 Å². The zero-order valence-corrected chi connectivity index (χ0v) is 18.2. The molecule has 0 aliphatic carbocycles. The Morgan fingerprint density at radius 2 is 2.00 bits per heavy atom. The van der Waals surface area contributed by atoms with Crippen LogP contribution in [0.15, 0.2) is 53.6 Å². The first-order chi connectivity index (χ1) is 16.2. The first-order valence-corrected chi connectivity index (χ1v) is 10.8. The van der Waals surface area contributed by atoms with E-state index in [1.165, 1.54) is 4.68 Å². The number of nitrogens with zero attached hydrogens (tertiary/aromatic N) is 4. The highest BCUT2D eigenvalue weighted by Crippen LogP contribution is 2.28. The monoisotopic (exact) mass is 444 g/mol. The lowest BCUT2D eigenvalue weighted by molar-refractivity contribution is 0.0859. The number of benzene rings is 2. The predicted molar refractivity (Wildman–Crippen MR) is 127 cm³/mol. The summed E-state index contributed by atoms with van der Waals surface area (Å²) in [5, 5.41) is 7.47. The van der Waals surface area contributed by atoms with Gasteiger partial charge in [-0.1, -0.05) is 24.3 Å². The fourth-order valence-electron chi connectivity index (χ4n) is 3.98. The molecule has 0 spiro atoms. The molecule has 3 heterocycles. The zero-order valence-electron chi connectivity index (χ0n) is 18.2. The van der Waals surface area contributed by atoms with Gasteiger partial charge in [-0.15, -0.1) is 0 Å². The maximum Gasteiger partial charge on any atom is 0.257 e. The largest absolute Gasteiger partial charge is 0.496 e. The highest BCUT2D eigenvalue weighted by molar-refractivity contribution is 6.10. The molecule has 1 aliphatic rings. The van der Waals surface area contributed by atoms with Gasteiger partial charge in [-0.3, -0.25) is 4.79 Å². The molecule has 9 nitrogen and oxygen atoms in total. The first-order valence-electron chi connectivity index (χ1n) is 10.8. The molecule has 5 rings (SSSR count). The number of nitrogens with one attached hydrogen (secondary N) is 1. The normalized spacial score (nSPS) is 16.1. The van der Waals surface area contributed by atoms with Crippen molar-refractivity contribution in [1.29, 1.82) is 0 Å². The summed E-state index contributed by atoms with van der Waals surface area (Å²) in [5.41, 5.74) is 9.61. The molecule has 0 saturated carbocycles. The number of anilines is 1. The molecule has 0 bridgehead atoms. The quantitative estimate of drug-likeness (QED) is 0.442. The molecule has 4 aromatic rings. The third kappa shape index (κ3) is 3.98. The second kappa shape index (κ2) is 8.87. The summed E-state index contributed by atoms with van der Waals surface area (Å²) in [6, 6.07) is 14.9. The maximum absolute atomic E-state index is 13.2. The minimum Gasteiger partial charge on any atom is -0.496 e. The van der Waals surface area contributed by atoms with E-state index in [0.717, 1.165) is 25.0 Å². The minimum absolute atomic E-state index is 0.0130. The summed E-state index contributed by atoms with van der Waals surface area (Å²) in [4.78, 5) is 22.6. The van der Waals surface area contributed by atoms with E-state index in [9.17, 15) is 4.79 Å². The summed E-state index contributed by atoms with van der Waals surface area (Å²) in [6.07, 6.45) is 3.56. The number of carbonyl (C=O) groups is 1. The van der Waals surface area contributed by atoms with Crippen LogP contribution in [0.3, 0.4) is 0 Å². The number of hydrogen-bond acceptors (Lipinski definition) is 7.